The monoisotopic (exact) mass is 226 g/mol. The molecule has 3 heteroatoms. The third-order valence-electron chi connectivity index (χ3n) is 3.18. The summed E-state index contributed by atoms with van der Waals surface area (Å²) in [5.41, 5.74) is 0.160. The molecular formula is C13H26N2O. The average Bonchev–Trinajstić information content (AvgIpc) is 2.46. The molecule has 0 bridgehead atoms. The Morgan fingerprint density at radius 2 is 1.75 bits per heavy atom. The van der Waals surface area contributed by atoms with Gasteiger partial charge in [0.15, 0.2) is 0 Å². The van der Waals surface area contributed by atoms with E-state index in [-0.39, 0.29) is 11.6 Å². The van der Waals surface area contributed by atoms with Gasteiger partial charge in [0.05, 0.1) is 0 Å². The van der Waals surface area contributed by atoms with E-state index in [2.05, 4.69) is 26.1 Å². The molecular weight excluding hydrogens is 200 g/mol. The summed E-state index contributed by atoms with van der Waals surface area (Å²) in [6.07, 6.45) is 1.13. The molecule has 1 atom stereocenters. The molecule has 1 unspecified atom stereocenters. The van der Waals surface area contributed by atoms with Gasteiger partial charge in [-0.2, -0.15) is 0 Å². The van der Waals surface area contributed by atoms with Crippen LogP contribution in [0.4, 0.5) is 4.79 Å². The number of urea groups is 1. The van der Waals surface area contributed by atoms with Crippen molar-refractivity contribution in [2.45, 2.75) is 53.5 Å². The van der Waals surface area contributed by atoms with Crippen molar-refractivity contribution in [3.8, 4) is 0 Å². The molecule has 1 N–H and O–H groups in total. The van der Waals surface area contributed by atoms with Gasteiger partial charge in [-0.25, -0.2) is 4.79 Å². The second kappa shape index (κ2) is 4.27. The minimum atomic E-state index is -0.142. The van der Waals surface area contributed by atoms with E-state index in [1.165, 1.54) is 0 Å². The fourth-order valence-corrected chi connectivity index (χ4v) is 2.05. The van der Waals surface area contributed by atoms with E-state index in [1.54, 1.807) is 0 Å². The molecule has 0 aromatic heterocycles. The second-order valence-corrected chi connectivity index (χ2v) is 6.98. The SMILES string of the molecule is CC(C)(C)NC(=O)N1CCC(C(C)(C)C)C1. The standard InChI is InChI=1S/C13H26N2O/c1-12(2,3)10-7-8-15(9-10)11(16)14-13(4,5)6/h10H,7-9H2,1-6H3,(H,14,16). The lowest BCUT2D eigenvalue weighted by molar-refractivity contribution is 0.189. The molecule has 0 aromatic carbocycles. The zero-order valence-corrected chi connectivity index (χ0v) is 11.6. The molecule has 1 aliphatic rings. The summed E-state index contributed by atoms with van der Waals surface area (Å²) < 4.78 is 0. The Morgan fingerprint density at radius 1 is 1.19 bits per heavy atom. The van der Waals surface area contributed by atoms with Crippen LogP contribution in [0.25, 0.3) is 0 Å². The lowest BCUT2D eigenvalue weighted by Gasteiger charge is -2.28. The highest BCUT2D eigenvalue weighted by molar-refractivity contribution is 5.75. The number of likely N-dealkylation sites (tertiary alicyclic amines) is 1. The summed E-state index contributed by atoms with van der Waals surface area (Å²) in [5.74, 6) is 0.623. The van der Waals surface area contributed by atoms with Gasteiger partial charge in [-0.3, -0.25) is 0 Å². The Labute approximate surface area is 99.6 Å². The highest BCUT2D eigenvalue weighted by atomic mass is 16.2. The van der Waals surface area contributed by atoms with Crippen molar-refractivity contribution >= 4 is 6.03 Å². The van der Waals surface area contributed by atoms with Gasteiger partial charge in [0.2, 0.25) is 0 Å². The lowest BCUT2D eigenvalue weighted by atomic mass is 9.80. The number of hydrogen-bond donors (Lipinski definition) is 1. The molecule has 16 heavy (non-hydrogen) atoms. The Bertz CT molecular complexity index is 260. The summed E-state index contributed by atoms with van der Waals surface area (Å²) in [6.45, 7) is 14.6. The molecule has 1 heterocycles. The predicted octanol–water partition coefficient (Wildman–Crippen LogP) is 2.86. The van der Waals surface area contributed by atoms with Crippen LogP contribution in [0.2, 0.25) is 0 Å². The molecule has 94 valence electrons. The summed E-state index contributed by atoms with van der Waals surface area (Å²) in [7, 11) is 0. The van der Waals surface area contributed by atoms with Crippen LogP contribution in [0.3, 0.4) is 0 Å². The van der Waals surface area contributed by atoms with Gasteiger partial charge in [-0.15, -0.1) is 0 Å². The first-order chi connectivity index (χ1) is 7.09. The number of carbonyl (C=O) groups is 1. The quantitative estimate of drug-likeness (QED) is 0.677. The molecule has 2 amide bonds. The molecule has 0 aliphatic carbocycles. The van der Waals surface area contributed by atoms with Crippen molar-refractivity contribution in [3.05, 3.63) is 0 Å². The predicted molar refractivity (Wildman–Crippen MR) is 67.4 cm³/mol. The van der Waals surface area contributed by atoms with Gasteiger partial charge in [-0.1, -0.05) is 20.8 Å². The third kappa shape index (κ3) is 3.69. The molecule has 0 saturated carbocycles. The van der Waals surface area contributed by atoms with Gasteiger partial charge in [0.1, 0.15) is 0 Å². The van der Waals surface area contributed by atoms with E-state index >= 15 is 0 Å². The minimum absolute atomic E-state index is 0.0826. The normalized spacial score (nSPS) is 22.4. The largest absolute Gasteiger partial charge is 0.333 e. The van der Waals surface area contributed by atoms with E-state index in [1.807, 2.05) is 25.7 Å². The fourth-order valence-electron chi connectivity index (χ4n) is 2.05. The summed E-state index contributed by atoms with van der Waals surface area (Å²) >= 11 is 0. The highest BCUT2D eigenvalue weighted by Gasteiger charge is 2.34. The molecule has 1 saturated heterocycles. The minimum Gasteiger partial charge on any atom is -0.333 e. The maximum absolute atomic E-state index is 11.9. The Morgan fingerprint density at radius 3 is 2.12 bits per heavy atom. The van der Waals surface area contributed by atoms with Gasteiger partial charge in [-0.05, 0) is 38.5 Å². The van der Waals surface area contributed by atoms with Crippen molar-refractivity contribution in [1.82, 2.24) is 10.2 Å². The van der Waals surface area contributed by atoms with Gasteiger partial charge in [0, 0.05) is 18.6 Å². The zero-order valence-electron chi connectivity index (χ0n) is 11.6. The van der Waals surface area contributed by atoms with Crippen molar-refractivity contribution < 1.29 is 4.79 Å². The van der Waals surface area contributed by atoms with Crippen LogP contribution >= 0.6 is 0 Å². The molecule has 0 radical (unpaired) electrons. The van der Waals surface area contributed by atoms with Crippen LogP contribution in [-0.2, 0) is 0 Å². The van der Waals surface area contributed by atoms with E-state index < -0.39 is 0 Å². The molecule has 3 nitrogen and oxygen atoms in total. The van der Waals surface area contributed by atoms with Crippen LogP contribution in [-0.4, -0.2) is 29.6 Å². The fraction of sp³-hybridized carbons (Fsp3) is 0.923. The summed E-state index contributed by atoms with van der Waals surface area (Å²) in [5, 5.41) is 3.02. The van der Waals surface area contributed by atoms with E-state index in [0.29, 0.717) is 11.3 Å². The van der Waals surface area contributed by atoms with Gasteiger partial charge >= 0.3 is 6.03 Å². The Balaban J connectivity index is 2.51. The number of rotatable bonds is 0. The third-order valence-corrected chi connectivity index (χ3v) is 3.18. The van der Waals surface area contributed by atoms with Crippen LogP contribution in [0.5, 0.6) is 0 Å². The maximum Gasteiger partial charge on any atom is 0.317 e. The first-order valence-electron chi connectivity index (χ1n) is 6.17. The molecule has 0 spiro atoms. The van der Waals surface area contributed by atoms with E-state index in [0.717, 1.165) is 19.5 Å². The smallest absolute Gasteiger partial charge is 0.317 e. The van der Waals surface area contributed by atoms with Gasteiger partial charge in [0.25, 0.3) is 0 Å². The van der Waals surface area contributed by atoms with Crippen molar-refractivity contribution in [2.24, 2.45) is 11.3 Å². The number of nitrogens with one attached hydrogen (secondary N) is 1. The molecule has 1 rings (SSSR count). The summed E-state index contributed by atoms with van der Waals surface area (Å²) in [4.78, 5) is 13.9. The number of amides is 2. The number of nitrogens with zero attached hydrogens (tertiary/aromatic N) is 1. The molecule has 1 aliphatic heterocycles. The van der Waals surface area contributed by atoms with Crippen molar-refractivity contribution in [3.63, 3.8) is 0 Å². The van der Waals surface area contributed by atoms with Crippen molar-refractivity contribution in [1.29, 1.82) is 0 Å². The van der Waals surface area contributed by atoms with E-state index in [9.17, 15) is 4.79 Å². The first kappa shape index (κ1) is 13.3. The topological polar surface area (TPSA) is 32.3 Å². The van der Waals surface area contributed by atoms with Gasteiger partial charge < -0.3 is 10.2 Å². The first-order valence-corrected chi connectivity index (χ1v) is 6.17. The highest BCUT2D eigenvalue weighted by Crippen LogP contribution is 2.33. The Hall–Kier alpha value is -0.730. The lowest BCUT2D eigenvalue weighted by Crippen LogP contribution is -2.48. The van der Waals surface area contributed by atoms with Crippen LogP contribution in [0.1, 0.15) is 48.0 Å². The van der Waals surface area contributed by atoms with E-state index in [4.69, 9.17) is 0 Å². The molecule has 0 aromatic rings. The maximum atomic E-state index is 11.9. The van der Waals surface area contributed by atoms with Crippen LogP contribution < -0.4 is 5.32 Å². The second-order valence-electron chi connectivity index (χ2n) is 6.98. The average molecular weight is 226 g/mol. The zero-order chi connectivity index (χ0) is 12.6. The molecule has 1 fully saturated rings. The van der Waals surface area contributed by atoms with Crippen molar-refractivity contribution in [2.75, 3.05) is 13.1 Å². The summed E-state index contributed by atoms with van der Waals surface area (Å²) in [6, 6.07) is 0.0826. The Kier molecular flexibility index (Phi) is 3.56. The van der Waals surface area contributed by atoms with Crippen LogP contribution in [0, 0.1) is 11.3 Å². The number of carbonyl (C=O) groups excluding carboxylic acids is 1. The van der Waals surface area contributed by atoms with Crippen LogP contribution in [0.15, 0.2) is 0 Å². The number of hydrogen-bond acceptors (Lipinski definition) is 1.